The first kappa shape index (κ1) is 17.3. The molecule has 25 heavy (non-hydrogen) atoms. The third-order valence-corrected chi connectivity index (χ3v) is 6.58. The van der Waals surface area contributed by atoms with Crippen LogP contribution in [0, 0.1) is 0 Å². The summed E-state index contributed by atoms with van der Waals surface area (Å²) in [6, 6.07) is 6.97. The average Bonchev–Trinajstić information content (AvgIpc) is 3.11. The summed E-state index contributed by atoms with van der Waals surface area (Å²) in [5, 5.41) is 3.94. The first-order valence-electron chi connectivity index (χ1n) is 10.0. The number of hydrogen-bond acceptors (Lipinski definition) is 4. The van der Waals surface area contributed by atoms with Crippen LogP contribution in [0.25, 0.3) is 0 Å². The molecule has 0 aromatic heterocycles. The lowest BCUT2D eigenvalue weighted by Crippen LogP contribution is -2.59. The van der Waals surface area contributed by atoms with Gasteiger partial charge in [0.25, 0.3) is 0 Å². The van der Waals surface area contributed by atoms with Gasteiger partial charge in [-0.15, -0.1) is 0 Å². The molecule has 0 unspecified atom stereocenters. The molecule has 0 spiro atoms. The molecular weight excluding hydrogens is 312 g/mol. The minimum Gasteiger partial charge on any atom is -0.496 e. The number of hydrogen-bond donors (Lipinski definition) is 1. The highest BCUT2D eigenvalue weighted by atomic mass is 16.5. The standard InChI is InChI=1S/C21H32N2O2/c1-24-20-7-5-6-17-18(20)8-9-19(17)22-16-21(10-14-25-15-11-21)23-12-3-2-4-13-23/h5-7,19,22H,2-4,8-16H2,1H3/t19-/m0/s1. The number of fused-ring (bicyclic) bond motifs is 1. The van der Waals surface area contributed by atoms with Crippen molar-refractivity contribution in [3.05, 3.63) is 29.3 Å². The van der Waals surface area contributed by atoms with Crippen molar-refractivity contribution in [2.24, 2.45) is 0 Å². The average molecular weight is 344 g/mol. The molecule has 1 aromatic rings. The molecule has 2 fully saturated rings. The van der Waals surface area contributed by atoms with Crippen LogP contribution in [-0.4, -0.2) is 50.4 Å². The topological polar surface area (TPSA) is 33.7 Å². The van der Waals surface area contributed by atoms with Crippen LogP contribution in [0.1, 0.15) is 55.7 Å². The van der Waals surface area contributed by atoms with Gasteiger partial charge in [-0.1, -0.05) is 18.6 Å². The molecule has 1 N–H and O–H groups in total. The van der Waals surface area contributed by atoms with Crippen LogP contribution in [0.4, 0.5) is 0 Å². The van der Waals surface area contributed by atoms with Gasteiger partial charge in [0, 0.05) is 31.3 Å². The van der Waals surface area contributed by atoms with Crippen LogP contribution >= 0.6 is 0 Å². The first-order chi connectivity index (χ1) is 12.3. The summed E-state index contributed by atoms with van der Waals surface area (Å²) in [7, 11) is 1.78. The number of piperidine rings is 1. The van der Waals surface area contributed by atoms with E-state index in [1.54, 1.807) is 7.11 Å². The van der Waals surface area contributed by atoms with E-state index in [0.717, 1.165) is 44.8 Å². The highest BCUT2D eigenvalue weighted by molar-refractivity contribution is 5.45. The largest absolute Gasteiger partial charge is 0.496 e. The van der Waals surface area contributed by atoms with Crippen molar-refractivity contribution >= 4 is 0 Å². The van der Waals surface area contributed by atoms with Gasteiger partial charge < -0.3 is 14.8 Å². The minimum atomic E-state index is 0.292. The Morgan fingerprint density at radius 1 is 1.20 bits per heavy atom. The smallest absolute Gasteiger partial charge is 0.122 e. The molecule has 0 amide bonds. The normalized spacial score (nSPS) is 26.4. The second-order valence-electron chi connectivity index (χ2n) is 7.88. The summed E-state index contributed by atoms with van der Waals surface area (Å²) in [4.78, 5) is 2.77. The fourth-order valence-corrected chi connectivity index (χ4v) is 5.06. The zero-order valence-corrected chi connectivity index (χ0v) is 15.6. The van der Waals surface area contributed by atoms with E-state index in [-0.39, 0.29) is 0 Å². The van der Waals surface area contributed by atoms with Crippen LogP contribution in [0.2, 0.25) is 0 Å². The predicted molar refractivity (Wildman–Crippen MR) is 100 cm³/mol. The van der Waals surface area contributed by atoms with Crippen molar-refractivity contribution < 1.29 is 9.47 Å². The fraction of sp³-hybridized carbons (Fsp3) is 0.714. The molecule has 2 aliphatic heterocycles. The van der Waals surface area contributed by atoms with Gasteiger partial charge in [-0.05, 0) is 68.8 Å². The van der Waals surface area contributed by atoms with Crippen LogP contribution < -0.4 is 10.1 Å². The van der Waals surface area contributed by atoms with E-state index < -0.39 is 0 Å². The van der Waals surface area contributed by atoms with Gasteiger partial charge in [0.05, 0.1) is 7.11 Å². The molecule has 138 valence electrons. The number of methoxy groups -OCH3 is 1. The van der Waals surface area contributed by atoms with Crippen LogP contribution in [-0.2, 0) is 11.2 Å². The fourth-order valence-electron chi connectivity index (χ4n) is 5.06. The van der Waals surface area contributed by atoms with Gasteiger partial charge in [-0.3, -0.25) is 4.90 Å². The van der Waals surface area contributed by atoms with E-state index in [9.17, 15) is 0 Å². The van der Waals surface area contributed by atoms with Gasteiger partial charge in [0.15, 0.2) is 0 Å². The highest BCUT2D eigenvalue weighted by Crippen LogP contribution is 2.38. The van der Waals surface area contributed by atoms with E-state index in [1.165, 1.54) is 49.9 Å². The summed E-state index contributed by atoms with van der Waals surface area (Å²) in [6.45, 7) is 5.42. The van der Waals surface area contributed by atoms with E-state index in [2.05, 4.69) is 28.4 Å². The Labute approximate surface area is 151 Å². The van der Waals surface area contributed by atoms with Crippen molar-refractivity contribution in [2.75, 3.05) is 40.0 Å². The van der Waals surface area contributed by atoms with Crippen molar-refractivity contribution in [1.29, 1.82) is 0 Å². The van der Waals surface area contributed by atoms with Crippen LogP contribution in [0.15, 0.2) is 18.2 Å². The van der Waals surface area contributed by atoms with Crippen LogP contribution in [0.5, 0.6) is 5.75 Å². The molecule has 1 aromatic carbocycles. The Kier molecular flexibility index (Phi) is 5.30. The van der Waals surface area contributed by atoms with Crippen LogP contribution in [0.3, 0.4) is 0 Å². The highest BCUT2D eigenvalue weighted by Gasteiger charge is 2.39. The summed E-state index contributed by atoms with van der Waals surface area (Å²) in [5.74, 6) is 1.05. The third kappa shape index (κ3) is 3.44. The Hall–Kier alpha value is -1.10. The zero-order valence-electron chi connectivity index (χ0n) is 15.6. The zero-order chi connectivity index (χ0) is 17.1. The Balaban J connectivity index is 1.47. The summed E-state index contributed by atoms with van der Waals surface area (Å²) in [6.07, 6.45) is 8.74. The lowest BCUT2D eigenvalue weighted by atomic mass is 9.85. The molecular formula is C21H32N2O2. The second kappa shape index (κ2) is 7.65. The van der Waals surface area contributed by atoms with E-state index in [1.807, 2.05) is 0 Å². The first-order valence-corrected chi connectivity index (χ1v) is 10.0. The quantitative estimate of drug-likeness (QED) is 0.888. The van der Waals surface area contributed by atoms with Gasteiger partial charge in [-0.25, -0.2) is 0 Å². The molecule has 4 nitrogen and oxygen atoms in total. The Morgan fingerprint density at radius 3 is 2.76 bits per heavy atom. The van der Waals surface area contributed by atoms with Crippen molar-refractivity contribution in [3.8, 4) is 5.75 Å². The Morgan fingerprint density at radius 2 is 2.00 bits per heavy atom. The lowest BCUT2D eigenvalue weighted by Gasteiger charge is -2.48. The molecule has 1 atom stereocenters. The predicted octanol–water partition coefficient (Wildman–Crippen LogP) is 3.31. The molecule has 1 aliphatic carbocycles. The van der Waals surface area contributed by atoms with E-state index >= 15 is 0 Å². The minimum absolute atomic E-state index is 0.292. The third-order valence-electron chi connectivity index (χ3n) is 6.58. The maximum absolute atomic E-state index is 5.70. The SMILES string of the molecule is COc1cccc2c1CC[C@@H]2NCC1(N2CCCCC2)CCOCC1. The summed E-state index contributed by atoms with van der Waals surface area (Å²) < 4.78 is 11.3. The van der Waals surface area contributed by atoms with E-state index in [4.69, 9.17) is 9.47 Å². The molecule has 0 bridgehead atoms. The van der Waals surface area contributed by atoms with Crippen molar-refractivity contribution in [3.63, 3.8) is 0 Å². The lowest BCUT2D eigenvalue weighted by molar-refractivity contribution is -0.0368. The number of nitrogens with one attached hydrogen (secondary N) is 1. The number of rotatable bonds is 5. The molecule has 2 saturated heterocycles. The van der Waals surface area contributed by atoms with Crippen molar-refractivity contribution in [2.45, 2.75) is 56.5 Å². The summed E-state index contributed by atoms with van der Waals surface area (Å²) >= 11 is 0. The molecule has 3 aliphatic rings. The number of likely N-dealkylation sites (tertiary alicyclic amines) is 1. The Bertz CT molecular complexity index is 577. The number of nitrogens with zero attached hydrogens (tertiary/aromatic N) is 1. The van der Waals surface area contributed by atoms with E-state index in [0.29, 0.717) is 11.6 Å². The number of benzene rings is 1. The second-order valence-corrected chi connectivity index (χ2v) is 7.88. The summed E-state index contributed by atoms with van der Waals surface area (Å²) in [5.41, 5.74) is 3.14. The van der Waals surface area contributed by atoms with Crippen molar-refractivity contribution in [1.82, 2.24) is 10.2 Å². The van der Waals surface area contributed by atoms with Gasteiger partial charge in [-0.2, -0.15) is 0 Å². The van der Waals surface area contributed by atoms with Gasteiger partial charge >= 0.3 is 0 Å². The molecule has 0 saturated carbocycles. The molecule has 0 radical (unpaired) electrons. The maximum Gasteiger partial charge on any atom is 0.122 e. The molecule has 4 heteroatoms. The monoisotopic (exact) mass is 344 g/mol. The maximum atomic E-state index is 5.70. The van der Waals surface area contributed by atoms with Gasteiger partial charge in [0.2, 0.25) is 0 Å². The number of ether oxygens (including phenoxy) is 2. The molecule has 4 rings (SSSR count). The molecule has 2 heterocycles. The van der Waals surface area contributed by atoms with Gasteiger partial charge in [0.1, 0.15) is 5.75 Å².